The van der Waals surface area contributed by atoms with Crippen LogP contribution >= 0.6 is 11.3 Å². The summed E-state index contributed by atoms with van der Waals surface area (Å²) in [5.41, 5.74) is -0.680. The standard InChI is InChI=1S/C18H14F3NO3S/c1-10-3-4-12(17(22-10)18(19,20)21)8-24-13-5-6-14-15(25-11(2)23)9-26-16(14)7-13/h3-7,9H,8H2,1-2H3. The van der Waals surface area contributed by atoms with Crippen molar-refractivity contribution >= 4 is 27.4 Å². The molecule has 2 heterocycles. The minimum absolute atomic E-state index is 0.0324. The van der Waals surface area contributed by atoms with E-state index < -0.39 is 17.8 Å². The van der Waals surface area contributed by atoms with Crippen LogP contribution in [-0.2, 0) is 17.6 Å². The molecule has 0 unspecified atom stereocenters. The van der Waals surface area contributed by atoms with Gasteiger partial charge < -0.3 is 9.47 Å². The highest BCUT2D eigenvalue weighted by Gasteiger charge is 2.35. The molecule has 0 saturated heterocycles. The van der Waals surface area contributed by atoms with Gasteiger partial charge in [-0.2, -0.15) is 13.2 Å². The second-order valence-corrected chi connectivity index (χ2v) is 6.51. The average molecular weight is 381 g/mol. The second kappa shape index (κ2) is 6.95. The zero-order valence-electron chi connectivity index (χ0n) is 13.9. The zero-order valence-corrected chi connectivity index (χ0v) is 14.7. The van der Waals surface area contributed by atoms with E-state index >= 15 is 0 Å². The van der Waals surface area contributed by atoms with Crippen LogP contribution in [0.1, 0.15) is 23.9 Å². The number of hydrogen-bond donors (Lipinski definition) is 0. The number of thiophene rings is 1. The van der Waals surface area contributed by atoms with Crippen LogP contribution in [-0.4, -0.2) is 11.0 Å². The Bertz CT molecular complexity index is 966. The maximum Gasteiger partial charge on any atom is 0.433 e. The molecule has 4 nitrogen and oxygen atoms in total. The highest BCUT2D eigenvalue weighted by molar-refractivity contribution is 7.17. The summed E-state index contributed by atoms with van der Waals surface area (Å²) in [6.45, 7) is 2.57. The number of fused-ring (bicyclic) bond motifs is 1. The number of halogens is 3. The van der Waals surface area contributed by atoms with Gasteiger partial charge in [0.05, 0.1) is 0 Å². The second-order valence-electron chi connectivity index (χ2n) is 5.60. The number of ether oxygens (including phenoxy) is 2. The molecule has 136 valence electrons. The maximum atomic E-state index is 13.1. The lowest BCUT2D eigenvalue weighted by atomic mass is 10.1. The maximum absolute atomic E-state index is 13.1. The van der Waals surface area contributed by atoms with Crippen molar-refractivity contribution in [2.24, 2.45) is 0 Å². The number of esters is 1. The van der Waals surface area contributed by atoms with Crippen molar-refractivity contribution in [1.82, 2.24) is 4.98 Å². The van der Waals surface area contributed by atoms with Crippen molar-refractivity contribution in [3.8, 4) is 11.5 Å². The molecule has 3 aromatic rings. The van der Waals surface area contributed by atoms with E-state index in [0.717, 1.165) is 10.1 Å². The molecule has 0 N–H and O–H groups in total. The number of pyridine rings is 1. The normalized spacial score (nSPS) is 11.6. The molecule has 0 aliphatic rings. The minimum Gasteiger partial charge on any atom is -0.489 e. The van der Waals surface area contributed by atoms with Crippen LogP contribution in [0.2, 0.25) is 0 Å². The van der Waals surface area contributed by atoms with Gasteiger partial charge in [-0.15, -0.1) is 11.3 Å². The molecule has 1 aromatic carbocycles. The monoisotopic (exact) mass is 381 g/mol. The highest BCUT2D eigenvalue weighted by Crippen LogP contribution is 2.35. The molecule has 0 radical (unpaired) electrons. The topological polar surface area (TPSA) is 48.4 Å². The van der Waals surface area contributed by atoms with E-state index in [1.165, 1.54) is 37.3 Å². The van der Waals surface area contributed by atoms with Crippen LogP contribution in [0, 0.1) is 6.92 Å². The third-order valence-corrected chi connectivity index (χ3v) is 4.47. The number of hydrogen-bond acceptors (Lipinski definition) is 5. The molecule has 0 amide bonds. The molecule has 0 fully saturated rings. The Morgan fingerprint density at radius 1 is 1.23 bits per heavy atom. The number of alkyl halides is 3. The highest BCUT2D eigenvalue weighted by atomic mass is 32.1. The molecule has 26 heavy (non-hydrogen) atoms. The first-order valence-electron chi connectivity index (χ1n) is 7.60. The van der Waals surface area contributed by atoms with Crippen LogP contribution < -0.4 is 9.47 Å². The lowest BCUT2D eigenvalue weighted by Crippen LogP contribution is -2.14. The van der Waals surface area contributed by atoms with Gasteiger partial charge in [0.1, 0.15) is 18.1 Å². The summed E-state index contributed by atoms with van der Waals surface area (Å²) in [7, 11) is 0. The number of carbonyl (C=O) groups is 1. The lowest BCUT2D eigenvalue weighted by Gasteiger charge is -2.13. The van der Waals surface area contributed by atoms with Crippen LogP contribution in [0.4, 0.5) is 13.2 Å². The van der Waals surface area contributed by atoms with Gasteiger partial charge in [-0.3, -0.25) is 4.79 Å². The lowest BCUT2D eigenvalue weighted by molar-refractivity contribution is -0.142. The van der Waals surface area contributed by atoms with E-state index in [0.29, 0.717) is 17.2 Å². The van der Waals surface area contributed by atoms with Gasteiger partial charge in [-0.1, -0.05) is 6.07 Å². The van der Waals surface area contributed by atoms with Crippen molar-refractivity contribution in [1.29, 1.82) is 0 Å². The average Bonchev–Trinajstić information content (AvgIpc) is 2.94. The van der Waals surface area contributed by atoms with E-state index in [9.17, 15) is 18.0 Å². The first-order valence-corrected chi connectivity index (χ1v) is 8.48. The number of aromatic nitrogens is 1. The summed E-state index contributed by atoms with van der Waals surface area (Å²) in [6.07, 6.45) is -4.54. The molecule has 2 aromatic heterocycles. The first-order chi connectivity index (χ1) is 12.2. The summed E-state index contributed by atoms with van der Waals surface area (Å²) in [5.74, 6) is 0.449. The van der Waals surface area contributed by atoms with E-state index in [1.54, 1.807) is 23.6 Å². The van der Waals surface area contributed by atoms with Crippen molar-refractivity contribution in [3.05, 3.63) is 52.7 Å². The molecule has 0 atom stereocenters. The van der Waals surface area contributed by atoms with Gasteiger partial charge in [0, 0.05) is 33.6 Å². The number of carbonyl (C=O) groups excluding carboxylic acids is 1. The fourth-order valence-corrected chi connectivity index (χ4v) is 3.31. The third-order valence-electron chi connectivity index (χ3n) is 3.55. The Labute approximate surface area is 151 Å². The smallest absolute Gasteiger partial charge is 0.433 e. The van der Waals surface area contributed by atoms with Crippen molar-refractivity contribution in [2.75, 3.05) is 0 Å². The van der Waals surface area contributed by atoms with Crippen LogP contribution in [0.3, 0.4) is 0 Å². The summed E-state index contributed by atoms with van der Waals surface area (Å²) < 4.78 is 50.8. The van der Waals surface area contributed by atoms with E-state index in [1.807, 2.05) is 0 Å². The third kappa shape index (κ3) is 3.96. The van der Waals surface area contributed by atoms with Gasteiger partial charge in [-0.05, 0) is 31.2 Å². The first kappa shape index (κ1) is 18.2. The molecule has 0 aliphatic heterocycles. The fraction of sp³-hybridized carbons (Fsp3) is 0.222. The summed E-state index contributed by atoms with van der Waals surface area (Å²) >= 11 is 1.35. The van der Waals surface area contributed by atoms with Crippen LogP contribution in [0.25, 0.3) is 10.1 Å². The Kier molecular flexibility index (Phi) is 4.86. The van der Waals surface area contributed by atoms with Gasteiger partial charge in [-0.25, -0.2) is 4.98 Å². The SMILES string of the molecule is CC(=O)Oc1csc2cc(OCc3ccc(C)nc3C(F)(F)F)ccc12. The van der Waals surface area contributed by atoms with E-state index in [2.05, 4.69) is 4.98 Å². The molecule has 0 aliphatic carbocycles. The van der Waals surface area contributed by atoms with Gasteiger partial charge in [0.15, 0.2) is 5.69 Å². The number of aryl methyl sites for hydroxylation is 1. The summed E-state index contributed by atoms with van der Waals surface area (Å²) in [5, 5.41) is 2.44. The quantitative estimate of drug-likeness (QED) is 0.588. The Hall–Kier alpha value is -2.61. The fourth-order valence-electron chi connectivity index (χ4n) is 2.42. The molecule has 0 saturated carbocycles. The molecular formula is C18H14F3NO3S. The van der Waals surface area contributed by atoms with Gasteiger partial charge in [0.25, 0.3) is 0 Å². The summed E-state index contributed by atoms with van der Waals surface area (Å²) in [6, 6.07) is 7.91. The molecular weight excluding hydrogens is 367 g/mol. The van der Waals surface area contributed by atoms with Crippen LogP contribution in [0.5, 0.6) is 11.5 Å². The Morgan fingerprint density at radius 3 is 2.69 bits per heavy atom. The predicted molar refractivity (Wildman–Crippen MR) is 91.4 cm³/mol. The van der Waals surface area contributed by atoms with E-state index in [4.69, 9.17) is 9.47 Å². The summed E-state index contributed by atoms with van der Waals surface area (Å²) in [4.78, 5) is 14.7. The number of benzene rings is 1. The molecule has 0 spiro atoms. The van der Waals surface area contributed by atoms with Crippen molar-refractivity contribution < 1.29 is 27.4 Å². The van der Waals surface area contributed by atoms with Gasteiger partial charge in [0.2, 0.25) is 0 Å². The van der Waals surface area contributed by atoms with Gasteiger partial charge >= 0.3 is 12.1 Å². The Balaban J connectivity index is 1.81. The number of nitrogens with zero attached hydrogens (tertiary/aromatic N) is 1. The van der Waals surface area contributed by atoms with Crippen molar-refractivity contribution in [2.45, 2.75) is 26.6 Å². The van der Waals surface area contributed by atoms with E-state index in [-0.39, 0.29) is 12.2 Å². The van der Waals surface area contributed by atoms with Crippen molar-refractivity contribution in [3.63, 3.8) is 0 Å². The van der Waals surface area contributed by atoms with Crippen LogP contribution in [0.15, 0.2) is 35.7 Å². The predicted octanol–water partition coefficient (Wildman–Crippen LogP) is 5.13. The Morgan fingerprint density at radius 2 is 2.00 bits per heavy atom. The number of rotatable bonds is 4. The molecule has 3 rings (SSSR count). The molecule has 0 bridgehead atoms. The largest absolute Gasteiger partial charge is 0.489 e. The molecule has 8 heteroatoms. The minimum atomic E-state index is -4.54. The zero-order chi connectivity index (χ0) is 18.9.